The predicted molar refractivity (Wildman–Crippen MR) is 85.7 cm³/mol. The second-order valence-corrected chi connectivity index (χ2v) is 7.26. The monoisotopic (exact) mass is 311 g/mol. The molecular formula is C15H25N3O2S. The molecule has 6 heteroatoms. The molecule has 1 saturated carbocycles. The number of sulfonamides is 1. The fourth-order valence-electron chi connectivity index (χ4n) is 3.02. The number of hydrogen-bond acceptors (Lipinski definition) is 4. The van der Waals surface area contributed by atoms with Gasteiger partial charge in [0.2, 0.25) is 10.0 Å². The van der Waals surface area contributed by atoms with Gasteiger partial charge in [-0.3, -0.25) is 0 Å². The summed E-state index contributed by atoms with van der Waals surface area (Å²) in [5.74, 6) is 0.532. The van der Waals surface area contributed by atoms with Crippen LogP contribution < -0.4 is 15.8 Å². The van der Waals surface area contributed by atoms with Gasteiger partial charge in [0.25, 0.3) is 0 Å². The zero-order valence-electron chi connectivity index (χ0n) is 12.5. The molecule has 0 amide bonds. The molecule has 0 spiro atoms. The molecule has 1 fully saturated rings. The van der Waals surface area contributed by atoms with Crippen LogP contribution in [0.3, 0.4) is 0 Å². The first-order valence-electron chi connectivity index (χ1n) is 7.63. The van der Waals surface area contributed by atoms with Gasteiger partial charge in [0.05, 0.1) is 5.69 Å². The maximum atomic E-state index is 12.3. The Hall–Kier alpha value is -1.11. The third kappa shape index (κ3) is 3.96. The van der Waals surface area contributed by atoms with E-state index in [9.17, 15) is 8.42 Å². The van der Waals surface area contributed by atoms with E-state index >= 15 is 0 Å². The van der Waals surface area contributed by atoms with Crippen LogP contribution in [0.1, 0.15) is 32.6 Å². The SMILES string of the molecule is CCNS(=O)(=O)c1ccccc1NC(CN)C1CCCC1. The minimum atomic E-state index is -3.47. The lowest BCUT2D eigenvalue weighted by atomic mass is 9.98. The first kappa shape index (κ1) is 16.3. The third-order valence-corrected chi connectivity index (χ3v) is 5.68. The minimum absolute atomic E-state index is 0.130. The first-order chi connectivity index (χ1) is 10.1. The van der Waals surface area contributed by atoms with E-state index in [1.54, 1.807) is 19.1 Å². The van der Waals surface area contributed by atoms with Crippen LogP contribution in [0.15, 0.2) is 29.2 Å². The van der Waals surface area contributed by atoms with Crippen molar-refractivity contribution in [2.24, 2.45) is 11.7 Å². The summed E-state index contributed by atoms with van der Waals surface area (Å²) in [4.78, 5) is 0.295. The first-order valence-corrected chi connectivity index (χ1v) is 9.12. The number of nitrogens with one attached hydrogen (secondary N) is 2. The number of hydrogen-bond donors (Lipinski definition) is 3. The number of rotatable bonds is 7. The molecule has 0 aliphatic heterocycles. The molecule has 1 aromatic carbocycles. The summed E-state index contributed by atoms with van der Waals surface area (Å²) in [6, 6.07) is 7.15. The largest absolute Gasteiger partial charge is 0.380 e. The van der Waals surface area contributed by atoms with Crippen molar-refractivity contribution in [2.45, 2.75) is 43.5 Å². The van der Waals surface area contributed by atoms with Crippen LogP contribution in [0.25, 0.3) is 0 Å². The molecule has 5 nitrogen and oxygen atoms in total. The summed E-state index contributed by atoms with van der Waals surface area (Å²) in [7, 11) is -3.47. The van der Waals surface area contributed by atoms with Gasteiger partial charge in [-0.25, -0.2) is 13.1 Å². The lowest BCUT2D eigenvalue weighted by Gasteiger charge is -2.25. The van der Waals surface area contributed by atoms with Crippen molar-refractivity contribution in [3.8, 4) is 0 Å². The molecule has 1 aliphatic rings. The van der Waals surface area contributed by atoms with Gasteiger partial charge in [0, 0.05) is 19.1 Å². The fourth-order valence-corrected chi connectivity index (χ4v) is 4.23. The summed E-state index contributed by atoms with van der Waals surface area (Å²) in [6.45, 7) is 2.66. The van der Waals surface area contributed by atoms with Crippen molar-refractivity contribution in [3.63, 3.8) is 0 Å². The summed E-state index contributed by atoms with van der Waals surface area (Å²) in [5, 5.41) is 3.36. The van der Waals surface area contributed by atoms with Crippen LogP contribution in [0.2, 0.25) is 0 Å². The lowest BCUT2D eigenvalue weighted by molar-refractivity contribution is 0.461. The van der Waals surface area contributed by atoms with Gasteiger partial charge in [0.15, 0.2) is 0 Å². The molecule has 0 heterocycles. The van der Waals surface area contributed by atoms with Gasteiger partial charge < -0.3 is 11.1 Å². The number of anilines is 1. The molecule has 4 N–H and O–H groups in total. The highest BCUT2D eigenvalue weighted by Crippen LogP contribution is 2.30. The van der Waals surface area contributed by atoms with Crippen molar-refractivity contribution in [1.29, 1.82) is 0 Å². The Morgan fingerprint density at radius 3 is 2.57 bits per heavy atom. The Balaban J connectivity index is 2.23. The normalized spacial score (nSPS) is 17.8. The average Bonchev–Trinajstić information content (AvgIpc) is 2.99. The molecule has 1 aromatic rings. The van der Waals surface area contributed by atoms with Crippen LogP contribution in [-0.2, 0) is 10.0 Å². The Morgan fingerprint density at radius 1 is 1.29 bits per heavy atom. The quantitative estimate of drug-likeness (QED) is 0.718. The summed E-state index contributed by atoms with van der Waals surface area (Å²) >= 11 is 0. The maximum Gasteiger partial charge on any atom is 0.242 e. The molecule has 1 aliphatic carbocycles. The van der Waals surface area contributed by atoms with E-state index in [1.165, 1.54) is 12.8 Å². The van der Waals surface area contributed by atoms with Gasteiger partial charge in [0.1, 0.15) is 4.90 Å². The maximum absolute atomic E-state index is 12.3. The van der Waals surface area contributed by atoms with Gasteiger partial charge in [-0.2, -0.15) is 0 Å². The molecular weight excluding hydrogens is 286 g/mol. The highest BCUT2D eigenvalue weighted by Gasteiger charge is 2.26. The van der Waals surface area contributed by atoms with Crippen LogP contribution in [0, 0.1) is 5.92 Å². The molecule has 0 bridgehead atoms. The zero-order chi connectivity index (χ0) is 15.3. The third-order valence-electron chi connectivity index (χ3n) is 4.07. The van der Waals surface area contributed by atoms with Crippen LogP contribution in [0.5, 0.6) is 0 Å². The molecule has 1 atom stereocenters. The molecule has 21 heavy (non-hydrogen) atoms. The molecule has 0 aromatic heterocycles. The Bertz CT molecular complexity index is 554. The van der Waals surface area contributed by atoms with E-state index < -0.39 is 10.0 Å². The van der Waals surface area contributed by atoms with Crippen molar-refractivity contribution >= 4 is 15.7 Å². The van der Waals surface area contributed by atoms with Crippen molar-refractivity contribution < 1.29 is 8.42 Å². The molecule has 0 radical (unpaired) electrons. The number of benzene rings is 1. The van der Waals surface area contributed by atoms with Crippen molar-refractivity contribution in [2.75, 3.05) is 18.4 Å². The second-order valence-electron chi connectivity index (χ2n) is 5.53. The molecule has 1 unspecified atom stereocenters. The van der Waals surface area contributed by atoms with E-state index in [1.807, 2.05) is 12.1 Å². The second kappa shape index (κ2) is 7.24. The Kier molecular flexibility index (Phi) is 5.61. The topological polar surface area (TPSA) is 84.2 Å². The smallest absolute Gasteiger partial charge is 0.242 e. The van der Waals surface area contributed by atoms with Gasteiger partial charge in [-0.05, 0) is 30.9 Å². The molecule has 0 saturated heterocycles. The standard InChI is InChI=1S/C15H25N3O2S/c1-2-17-21(19,20)15-10-6-5-9-13(15)18-14(11-16)12-7-3-4-8-12/h5-6,9-10,12,14,17-18H,2-4,7-8,11,16H2,1H3. The highest BCUT2D eigenvalue weighted by molar-refractivity contribution is 7.89. The minimum Gasteiger partial charge on any atom is -0.380 e. The average molecular weight is 311 g/mol. The summed E-state index contributed by atoms with van der Waals surface area (Å²) in [5.41, 5.74) is 6.53. The molecule has 118 valence electrons. The van der Waals surface area contributed by atoms with E-state index in [2.05, 4.69) is 10.0 Å². The van der Waals surface area contributed by atoms with E-state index in [0.717, 1.165) is 12.8 Å². The van der Waals surface area contributed by atoms with Gasteiger partial charge >= 0.3 is 0 Å². The number of nitrogens with two attached hydrogens (primary N) is 1. The van der Waals surface area contributed by atoms with E-state index in [-0.39, 0.29) is 6.04 Å². The Morgan fingerprint density at radius 2 is 1.95 bits per heavy atom. The lowest BCUT2D eigenvalue weighted by Crippen LogP contribution is -2.36. The Labute approximate surface area is 127 Å². The van der Waals surface area contributed by atoms with E-state index in [0.29, 0.717) is 29.6 Å². The summed E-state index contributed by atoms with van der Waals surface area (Å²) < 4.78 is 27.1. The van der Waals surface area contributed by atoms with Gasteiger partial charge in [-0.1, -0.05) is 31.9 Å². The molecule has 2 rings (SSSR count). The van der Waals surface area contributed by atoms with E-state index in [4.69, 9.17) is 5.73 Å². The number of para-hydroxylation sites is 1. The van der Waals surface area contributed by atoms with Crippen LogP contribution in [-0.4, -0.2) is 27.5 Å². The highest BCUT2D eigenvalue weighted by atomic mass is 32.2. The summed E-state index contributed by atoms with van der Waals surface area (Å²) in [6.07, 6.45) is 4.80. The fraction of sp³-hybridized carbons (Fsp3) is 0.600. The van der Waals surface area contributed by atoms with Crippen LogP contribution in [0.4, 0.5) is 5.69 Å². The van der Waals surface area contributed by atoms with Crippen molar-refractivity contribution in [3.05, 3.63) is 24.3 Å². The predicted octanol–water partition coefficient (Wildman–Crippen LogP) is 1.91. The van der Waals surface area contributed by atoms with Crippen LogP contribution >= 0.6 is 0 Å². The zero-order valence-corrected chi connectivity index (χ0v) is 13.3. The van der Waals surface area contributed by atoms with Gasteiger partial charge in [-0.15, -0.1) is 0 Å². The van der Waals surface area contributed by atoms with Crippen molar-refractivity contribution in [1.82, 2.24) is 4.72 Å².